The second kappa shape index (κ2) is 10.0. The maximum Gasteiger partial charge on any atom is 0.247 e. The summed E-state index contributed by atoms with van der Waals surface area (Å²) in [5.74, 6) is -2.15. The predicted octanol–water partition coefficient (Wildman–Crippen LogP) is 4.11. The van der Waals surface area contributed by atoms with Crippen LogP contribution in [0, 0.1) is 16.8 Å². The van der Waals surface area contributed by atoms with E-state index in [9.17, 15) is 19.5 Å². The molecule has 1 fully saturated rings. The van der Waals surface area contributed by atoms with Gasteiger partial charge in [-0.1, -0.05) is 16.8 Å². The van der Waals surface area contributed by atoms with Crippen molar-refractivity contribution in [3.8, 4) is 0 Å². The van der Waals surface area contributed by atoms with E-state index in [2.05, 4.69) is 15.2 Å². The van der Waals surface area contributed by atoms with E-state index in [1.54, 1.807) is 0 Å². The Hall–Kier alpha value is -4.07. The molecule has 4 aliphatic heterocycles. The zero-order valence-electron chi connectivity index (χ0n) is 20.6. The maximum absolute atomic E-state index is 15.2. The average Bonchev–Trinajstić information content (AvgIpc) is 3.52. The molecule has 14 heteroatoms. The SMILES string of the molecule is [2H][C@@]12CC[C@@H](C3=N/C(=C4/C=CN(O)C(CO)=C4F)C=N3)N1C(=O)C=C(c1c(N(C=N)N=N)ccc(Cl)c1F)C2. The Kier molecular flexibility index (Phi) is 6.39. The van der Waals surface area contributed by atoms with Gasteiger partial charge in [-0.3, -0.25) is 15.4 Å². The number of allylic oxidation sites excluding steroid dienone is 4. The van der Waals surface area contributed by atoms with E-state index >= 15 is 4.39 Å². The third-order valence-electron chi connectivity index (χ3n) is 6.59. The minimum Gasteiger partial charge on any atom is -0.390 e. The Balaban J connectivity index is 1.51. The summed E-state index contributed by atoms with van der Waals surface area (Å²) in [6.45, 7) is -0.749. The van der Waals surface area contributed by atoms with Crippen molar-refractivity contribution in [1.82, 2.24) is 9.96 Å². The number of aliphatic hydroxyl groups is 1. The number of hydroxylamine groups is 2. The van der Waals surface area contributed by atoms with Crippen LogP contribution in [0.25, 0.3) is 5.57 Å². The van der Waals surface area contributed by atoms with Crippen molar-refractivity contribution in [2.75, 3.05) is 11.6 Å². The molecular weight excluding hydrogens is 522 g/mol. The number of amides is 1. The summed E-state index contributed by atoms with van der Waals surface area (Å²) < 4.78 is 39.2. The van der Waals surface area contributed by atoms with Gasteiger partial charge in [0, 0.05) is 29.4 Å². The lowest BCUT2D eigenvalue weighted by Gasteiger charge is -2.33. The number of hydrogen-bond donors (Lipinski definition) is 4. The molecule has 4 aliphatic rings. The number of amidine groups is 1. The van der Waals surface area contributed by atoms with Gasteiger partial charge in [0.1, 0.15) is 12.0 Å². The lowest BCUT2D eigenvalue weighted by Crippen LogP contribution is -2.45. The molecule has 5 rings (SSSR count). The fourth-order valence-electron chi connectivity index (χ4n) is 4.84. The minimum atomic E-state index is -1.49. The topological polar surface area (TPSA) is 152 Å². The second-order valence-corrected chi connectivity index (χ2v) is 9.02. The molecule has 1 aromatic carbocycles. The lowest BCUT2D eigenvalue weighted by molar-refractivity contribution is -0.128. The molecule has 0 bridgehead atoms. The summed E-state index contributed by atoms with van der Waals surface area (Å²) in [5, 5.41) is 30.8. The highest BCUT2D eigenvalue weighted by Crippen LogP contribution is 2.42. The minimum absolute atomic E-state index is 0.00934. The van der Waals surface area contributed by atoms with Crippen LogP contribution in [0.4, 0.5) is 14.5 Å². The van der Waals surface area contributed by atoms with Crippen molar-refractivity contribution in [2.24, 2.45) is 15.2 Å². The number of halogens is 3. The number of hydrogen-bond acceptors (Lipinski definition) is 9. The van der Waals surface area contributed by atoms with Gasteiger partial charge in [0.25, 0.3) is 0 Å². The van der Waals surface area contributed by atoms with E-state index in [0.717, 1.165) is 11.2 Å². The van der Waals surface area contributed by atoms with Crippen molar-refractivity contribution in [2.45, 2.75) is 31.3 Å². The summed E-state index contributed by atoms with van der Waals surface area (Å²) in [7, 11) is 0. The summed E-state index contributed by atoms with van der Waals surface area (Å²) in [5.41, 5.74) is 7.12. The van der Waals surface area contributed by atoms with Gasteiger partial charge >= 0.3 is 0 Å². The van der Waals surface area contributed by atoms with Gasteiger partial charge in [-0.2, -0.15) is 5.53 Å². The molecule has 0 aromatic heterocycles. The number of carbonyl (C=O) groups is 1. The highest BCUT2D eigenvalue weighted by molar-refractivity contribution is 6.31. The maximum atomic E-state index is 15.2. The number of benzene rings is 1. The van der Waals surface area contributed by atoms with E-state index in [0.29, 0.717) is 17.8 Å². The van der Waals surface area contributed by atoms with Gasteiger partial charge in [-0.05, 0) is 43.0 Å². The Bertz CT molecular complexity index is 1480. The normalized spacial score (nSPS) is 26.9. The van der Waals surface area contributed by atoms with Crippen molar-refractivity contribution in [1.29, 1.82) is 10.9 Å². The summed E-state index contributed by atoms with van der Waals surface area (Å²) in [4.78, 5) is 23.4. The number of fused-ring (bicyclic) bond motifs is 1. The molecule has 38 heavy (non-hydrogen) atoms. The first-order chi connectivity index (χ1) is 18.6. The lowest BCUT2D eigenvalue weighted by atomic mass is 9.92. The van der Waals surface area contributed by atoms with Crippen LogP contribution in [0.3, 0.4) is 0 Å². The average molecular weight is 544 g/mol. The quantitative estimate of drug-likeness (QED) is 0.184. The summed E-state index contributed by atoms with van der Waals surface area (Å²) in [6, 6.07) is 0.424. The Morgan fingerprint density at radius 3 is 2.87 bits per heavy atom. The summed E-state index contributed by atoms with van der Waals surface area (Å²) >= 11 is 6.00. The number of aliphatic imine (C=N–C) groups is 2. The highest BCUT2D eigenvalue weighted by atomic mass is 35.5. The van der Waals surface area contributed by atoms with E-state index in [4.69, 9.17) is 23.9 Å². The number of aliphatic hydroxyl groups excluding tert-OH is 1. The standard InChI is InChI=1S/C24H21ClF2N8O3/c25-15-2-4-17(33(11-28)32-29)21(23(15)27)12-7-13-1-3-18(35(13)20(37)8-12)24-30-9-16(31-24)14-5-6-34(38)19(10-36)22(14)26/h2,4-6,8-9,11,13,18,28-29,36,38H,1,3,7,10H2/b16-14-,28-11?,32-29?/t13-,18-/m0/s1/i13D. The van der Waals surface area contributed by atoms with Gasteiger partial charge in [-0.25, -0.2) is 28.8 Å². The van der Waals surface area contributed by atoms with Crippen LogP contribution in [0.5, 0.6) is 0 Å². The monoisotopic (exact) mass is 543 g/mol. The third-order valence-corrected chi connectivity index (χ3v) is 6.88. The first-order valence-electron chi connectivity index (χ1n) is 11.9. The van der Waals surface area contributed by atoms with E-state index in [1.807, 2.05) is 0 Å². The molecular formula is C24H21ClF2N8O3. The molecule has 2 atom stereocenters. The van der Waals surface area contributed by atoms with Crippen molar-refractivity contribution >= 4 is 47.2 Å². The Morgan fingerprint density at radius 1 is 1.37 bits per heavy atom. The number of anilines is 1. The van der Waals surface area contributed by atoms with Crippen LogP contribution in [-0.2, 0) is 4.79 Å². The molecule has 4 heterocycles. The largest absolute Gasteiger partial charge is 0.390 e. The van der Waals surface area contributed by atoms with Crippen LogP contribution < -0.4 is 5.01 Å². The number of nitrogens with one attached hydrogen (secondary N) is 2. The van der Waals surface area contributed by atoms with Gasteiger partial charge < -0.3 is 10.0 Å². The van der Waals surface area contributed by atoms with Crippen molar-refractivity contribution in [3.05, 3.63) is 69.7 Å². The number of carbonyl (C=O) groups excluding carboxylic acids is 1. The van der Waals surface area contributed by atoms with E-state index < -0.39 is 36.2 Å². The van der Waals surface area contributed by atoms with Crippen LogP contribution in [0.1, 0.15) is 26.2 Å². The van der Waals surface area contributed by atoms with Gasteiger partial charge in [0.05, 0.1) is 36.6 Å². The molecule has 196 valence electrons. The third kappa shape index (κ3) is 4.14. The molecule has 0 saturated carbocycles. The number of rotatable bonds is 6. The molecule has 11 nitrogen and oxygen atoms in total. The van der Waals surface area contributed by atoms with Crippen LogP contribution in [-0.4, -0.2) is 63.2 Å². The molecule has 1 saturated heterocycles. The molecule has 0 aliphatic carbocycles. The Morgan fingerprint density at radius 2 is 2.16 bits per heavy atom. The first kappa shape index (κ1) is 24.3. The molecule has 1 amide bonds. The second-order valence-electron chi connectivity index (χ2n) is 8.61. The van der Waals surface area contributed by atoms with Gasteiger partial charge in [-0.15, -0.1) is 0 Å². The fourth-order valence-corrected chi connectivity index (χ4v) is 5.00. The molecule has 0 radical (unpaired) electrons. The van der Waals surface area contributed by atoms with E-state index in [1.165, 1.54) is 35.4 Å². The molecule has 4 N–H and O–H groups in total. The number of nitrogens with zero attached hydrogens (tertiary/aromatic N) is 6. The fraction of sp³-hybridized carbons (Fsp3) is 0.250. The van der Waals surface area contributed by atoms with Crippen LogP contribution >= 0.6 is 11.6 Å². The molecule has 1 aromatic rings. The Labute approximate surface area is 221 Å². The first-order valence-corrected chi connectivity index (χ1v) is 11.7. The zero-order valence-corrected chi connectivity index (χ0v) is 20.3. The van der Waals surface area contributed by atoms with Crippen LogP contribution in [0.15, 0.2) is 68.5 Å². The molecule has 0 spiro atoms. The predicted molar refractivity (Wildman–Crippen MR) is 135 cm³/mol. The molecule has 0 unspecified atom stereocenters. The van der Waals surface area contributed by atoms with Crippen molar-refractivity contribution in [3.63, 3.8) is 0 Å². The summed E-state index contributed by atoms with van der Waals surface area (Å²) in [6.07, 6.45) is 6.06. The van der Waals surface area contributed by atoms with Crippen LogP contribution in [0.2, 0.25) is 5.02 Å². The van der Waals surface area contributed by atoms with Gasteiger partial charge in [0.2, 0.25) is 5.91 Å². The van der Waals surface area contributed by atoms with Crippen molar-refractivity contribution < 1.29 is 25.3 Å². The smallest absolute Gasteiger partial charge is 0.247 e. The van der Waals surface area contributed by atoms with Gasteiger partial charge in [0.15, 0.2) is 17.5 Å². The highest BCUT2D eigenvalue weighted by Gasteiger charge is 2.43. The zero-order chi connectivity index (χ0) is 28.1. The van der Waals surface area contributed by atoms with E-state index in [-0.39, 0.29) is 57.5 Å².